The van der Waals surface area contributed by atoms with Crippen LogP contribution < -0.4 is 24.3 Å². The molecule has 0 spiro atoms. The second-order valence-electron chi connectivity index (χ2n) is 10.6. The quantitative estimate of drug-likeness (QED) is 0.0428. The lowest BCUT2D eigenvalue weighted by molar-refractivity contribution is -0.138. The molecule has 0 bridgehead atoms. The fourth-order valence-corrected chi connectivity index (χ4v) is 4.25. The van der Waals surface area contributed by atoms with Gasteiger partial charge in [-0.25, -0.2) is 19.2 Å². The molecule has 0 aliphatic carbocycles. The Bertz CT molecular complexity index is 1580. The van der Waals surface area contributed by atoms with E-state index in [1.54, 1.807) is 48.5 Å². The molecule has 0 saturated heterocycles. The Morgan fingerprint density at radius 2 is 1.10 bits per heavy atom. The van der Waals surface area contributed by atoms with Gasteiger partial charge in [0.15, 0.2) is 6.29 Å². The van der Waals surface area contributed by atoms with E-state index in [1.165, 1.54) is 18.2 Å². The van der Waals surface area contributed by atoms with E-state index in [0.717, 1.165) is 37.8 Å². The van der Waals surface area contributed by atoms with Crippen LogP contribution in [0.1, 0.15) is 63.2 Å². The topological polar surface area (TPSA) is 153 Å². The maximum atomic E-state index is 12.8. The molecule has 0 amide bonds. The van der Waals surface area contributed by atoms with Gasteiger partial charge < -0.3 is 33.7 Å². The normalized spacial score (nSPS) is 10.3. The Hall–Kier alpha value is -5.75. The van der Waals surface area contributed by atoms with Crippen LogP contribution in [0.2, 0.25) is 0 Å². The maximum absolute atomic E-state index is 12.8. The predicted octanol–water partition coefficient (Wildman–Crippen LogP) is 5.69. The van der Waals surface area contributed by atoms with Crippen molar-refractivity contribution in [1.82, 2.24) is 5.32 Å². The summed E-state index contributed by atoms with van der Waals surface area (Å²) in [5.74, 6) is -0.922. The van der Waals surface area contributed by atoms with Crippen molar-refractivity contribution in [2.45, 2.75) is 32.1 Å². The van der Waals surface area contributed by atoms with Crippen molar-refractivity contribution < 1.29 is 52.4 Å². The molecule has 0 aliphatic heterocycles. The fraction of sp³-hybridized carbons (Fsp3) is 0.289. The van der Waals surface area contributed by atoms with Crippen LogP contribution >= 0.6 is 0 Å². The largest absolute Gasteiger partial charge is 0.494 e. The van der Waals surface area contributed by atoms with Crippen LogP contribution in [0.25, 0.3) is 0 Å². The van der Waals surface area contributed by atoms with Crippen LogP contribution in [0.4, 0.5) is 0 Å². The molecule has 0 atom stereocenters. The lowest BCUT2D eigenvalue weighted by atomic mass is 10.2. The molecule has 264 valence electrons. The van der Waals surface area contributed by atoms with E-state index in [4.69, 9.17) is 28.4 Å². The number of aldehydes is 1. The van der Waals surface area contributed by atoms with E-state index in [2.05, 4.69) is 18.5 Å². The first kappa shape index (κ1) is 38.7. The van der Waals surface area contributed by atoms with Gasteiger partial charge in [-0.15, -0.1) is 0 Å². The summed E-state index contributed by atoms with van der Waals surface area (Å²) in [7, 11) is 0. The highest BCUT2D eigenvalue weighted by atomic mass is 16.5. The summed E-state index contributed by atoms with van der Waals surface area (Å²) < 4.78 is 32.1. The van der Waals surface area contributed by atoms with Crippen LogP contribution in [-0.2, 0) is 19.1 Å². The molecule has 0 saturated carbocycles. The smallest absolute Gasteiger partial charge is 0.343 e. The third-order valence-corrected chi connectivity index (χ3v) is 6.88. The van der Waals surface area contributed by atoms with Gasteiger partial charge in [0.2, 0.25) is 0 Å². The Labute approximate surface area is 291 Å². The molecule has 12 nitrogen and oxygen atoms in total. The molecule has 12 heteroatoms. The molecular formula is C38H41NO11. The summed E-state index contributed by atoms with van der Waals surface area (Å²) in [5.41, 5.74) is 0.553. The van der Waals surface area contributed by atoms with Crippen molar-refractivity contribution in [3.8, 4) is 23.0 Å². The summed E-state index contributed by atoms with van der Waals surface area (Å²) in [6, 6.07) is 17.0. The number of carbonyl (C=O) groups excluding carboxylic acids is 5. The van der Waals surface area contributed by atoms with E-state index in [-0.39, 0.29) is 34.8 Å². The molecule has 50 heavy (non-hydrogen) atoms. The standard InChI is InChI=1S/C38H41NO11/c1-3-35(41)47-23-8-6-5-7-22-45-31-16-12-29(13-17-31)38(44)50-34-19-18-33(26-30(34)27-40)49-37(43)28-10-14-32(15-11-28)46-24-9-20-39-21-25-48-36(42)4-2/h3-4,10-19,26-27,39H,1-2,5-9,20-25H2. The van der Waals surface area contributed by atoms with Crippen molar-refractivity contribution in [3.63, 3.8) is 0 Å². The van der Waals surface area contributed by atoms with Gasteiger partial charge in [-0.05, 0) is 105 Å². The molecule has 0 aliphatic rings. The number of ether oxygens (including phenoxy) is 6. The maximum Gasteiger partial charge on any atom is 0.343 e. The highest BCUT2D eigenvalue weighted by molar-refractivity contribution is 5.94. The first-order chi connectivity index (χ1) is 24.3. The molecule has 0 unspecified atom stereocenters. The molecule has 0 radical (unpaired) electrons. The number of hydrogen-bond donors (Lipinski definition) is 1. The molecule has 0 fully saturated rings. The molecule has 1 N–H and O–H groups in total. The summed E-state index contributed by atoms with van der Waals surface area (Å²) in [4.78, 5) is 59.2. The minimum atomic E-state index is -0.674. The monoisotopic (exact) mass is 687 g/mol. The lowest BCUT2D eigenvalue weighted by Gasteiger charge is -2.11. The SMILES string of the molecule is C=CC(=O)OCCCCCCOc1ccc(C(=O)Oc2ccc(OC(=O)c3ccc(OCCCNCCOC(=O)C=C)cc3)cc2C=O)cc1. The van der Waals surface area contributed by atoms with Crippen LogP contribution in [0, 0.1) is 0 Å². The van der Waals surface area contributed by atoms with Gasteiger partial charge in [0.25, 0.3) is 0 Å². The van der Waals surface area contributed by atoms with Gasteiger partial charge in [-0.2, -0.15) is 0 Å². The Morgan fingerprint density at radius 3 is 1.68 bits per heavy atom. The fourth-order valence-electron chi connectivity index (χ4n) is 4.25. The number of unbranched alkanes of at least 4 members (excludes halogenated alkanes) is 3. The average molecular weight is 688 g/mol. The zero-order valence-corrected chi connectivity index (χ0v) is 27.8. The zero-order chi connectivity index (χ0) is 36.0. The number of esters is 4. The molecule has 3 aromatic rings. The van der Waals surface area contributed by atoms with Gasteiger partial charge in [-0.1, -0.05) is 13.2 Å². The predicted molar refractivity (Wildman–Crippen MR) is 184 cm³/mol. The van der Waals surface area contributed by atoms with Crippen LogP contribution in [-0.4, -0.2) is 69.7 Å². The minimum absolute atomic E-state index is 0.0113. The second kappa shape index (κ2) is 22.0. The van der Waals surface area contributed by atoms with Crippen LogP contribution in [0.3, 0.4) is 0 Å². The van der Waals surface area contributed by atoms with Crippen molar-refractivity contribution in [3.05, 3.63) is 109 Å². The molecule has 3 rings (SSSR count). The van der Waals surface area contributed by atoms with E-state index < -0.39 is 23.9 Å². The second-order valence-corrected chi connectivity index (χ2v) is 10.6. The van der Waals surface area contributed by atoms with Gasteiger partial charge >= 0.3 is 23.9 Å². The third-order valence-electron chi connectivity index (χ3n) is 6.88. The van der Waals surface area contributed by atoms with Crippen molar-refractivity contribution in [2.75, 3.05) is 39.5 Å². The number of benzene rings is 3. The van der Waals surface area contributed by atoms with Crippen molar-refractivity contribution >= 4 is 30.2 Å². The van der Waals surface area contributed by atoms with Crippen LogP contribution in [0.15, 0.2) is 92.0 Å². The summed E-state index contributed by atoms with van der Waals surface area (Å²) in [6.07, 6.45) is 6.87. The van der Waals surface area contributed by atoms with Crippen LogP contribution in [0.5, 0.6) is 23.0 Å². The molecule has 0 aromatic heterocycles. The highest BCUT2D eigenvalue weighted by Gasteiger charge is 2.15. The summed E-state index contributed by atoms with van der Waals surface area (Å²) in [5, 5.41) is 3.13. The zero-order valence-electron chi connectivity index (χ0n) is 27.8. The van der Waals surface area contributed by atoms with Crippen molar-refractivity contribution in [2.24, 2.45) is 0 Å². The van der Waals surface area contributed by atoms with Crippen molar-refractivity contribution in [1.29, 1.82) is 0 Å². The van der Waals surface area contributed by atoms with E-state index in [9.17, 15) is 24.0 Å². The number of carbonyl (C=O) groups is 5. The van der Waals surface area contributed by atoms with Gasteiger partial charge in [0.1, 0.15) is 29.6 Å². The number of hydrogen-bond acceptors (Lipinski definition) is 12. The Kier molecular flexibility index (Phi) is 17.0. The molecular weight excluding hydrogens is 646 g/mol. The molecule has 3 aromatic carbocycles. The summed E-state index contributed by atoms with van der Waals surface area (Å²) in [6.45, 7) is 9.43. The van der Waals surface area contributed by atoms with E-state index in [1.807, 2.05) is 0 Å². The number of nitrogens with one attached hydrogen (secondary N) is 1. The van der Waals surface area contributed by atoms with E-state index >= 15 is 0 Å². The first-order valence-corrected chi connectivity index (χ1v) is 16.1. The Morgan fingerprint density at radius 1 is 0.580 bits per heavy atom. The lowest BCUT2D eigenvalue weighted by Crippen LogP contribution is -2.23. The molecule has 0 heterocycles. The number of rotatable bonds is 23. The van der Waals surface area contributed by atoms with Gasteiger partial charge in [-0.3, -0.25) is 4.79 Å². The van der Waals surface area contributed by atoms with Gasteiger partial charge in [0, 0.05) is 18.7 Å². The van der Waals surface area contributed by atoms with E-state index in [0.29, 0.717) is 57.1 Å². The highest BCUT2D eigenvalue weighted by Crippen LogP contribution is 2.25. The average Bonchev–Trinajstić information content (AvgIpc) is 3.14. The minimum Gasteiger partial charge on any atom is -0.494 e. The summed E-state index contributed by atoms with van der Waals surface area (Å²) >= 11 is 0. The van der Waals surface area contributed by atoms with Gasteiger partial charge in [0.05, 0.1) is 36.5 Å². The Balaban J connectivity index is 1.39. The first-order valence-electron chi connectivity index (χ1n) is 16.1. The third kappa shape index (κ3) is 14.2.